The molecule has 5 rings (SSSR count). The van der Waals surface area contributed by atoms with Crippen LogP contribution in [0.15, 0.2) is 43.3 Å². The lowest BCUT2D eigenvalue weighted by atomic mass is 10.0. The van der Waals surface area contributed by atoms with Crippen molar-refractivity contribution in [3.8, 4) is 0 Å². The number of allylic oxidation sites excluding steroid dienone is 2. The number of pyridine rings is 1. The molecule has 2 atom stereocenters. The average Bonchev–Trinajstić information content (AvgIpc) is 3.42. The van der Waals surface area contributed by atoms with E-state index in [-0.39, 0.29) is 35.7 Å². The zero-order valence-electron chi connectivity index (χ0n) is 24.4. The van der Waals surface area contributed by atoms with Crippen molar-refractivity contribution in [3.63, 3.8) is 0 Å². The Balaban J connectivity index is 1.37. The maximum absolute atomic E-state index is 14.1. The molecule has 224 valence electrons. The van der Waals surface area contributed by atoms with Crippen LogP contribution in [0.2, 0.25) is 0 Å². The lowest BCUT2D eigenvalue weighted by Gasteiger charge is -2.32. The number of amides is 3. The zero-order chi connectivity index (χ0) is 29.9. The van der Waals surface area contributed by atoms with Crippen LogP contribution in [0.1, 0.15) is 84.6 Å². The highest BCUT2D eigenvalue weighted by Crippen LogP contribution is 2.48. The van der Waals surface area contributed by atoms with Gasteiger partial charge in [-0.15, -0.1) is 0 Å². The van der Waals surface area contributed by atoms with Crippen molar-refractivity contribution in [2.24, 2.45) is 5.92 Å². The van der Waals surface area contributed by atoms with Gasteiger partial charge in [0.05, 0.1) is 23.3 Å². The molecule has 42 heavy (non-hydrogen) atoms. The fourth-order valence-corrected chi connectivity index (χ4v) is 5.65. The van der Waals surface area contributed by atoms with Gasteiger partial charge in [-0.2, -0.15) is 5.10 Å². The summed E-state index contributed by atoms with van der Waals surface area (Å²) in [5.74, 6) is -1.48. The first-order valence-electron chi connectivity index (χ1n) is 14.8. The van der Waals surface area contributed by atoms with Gasteiger partial charge < -0.3 is 20.4 Å². The van der Waals surface area contributed by atoms with Gasteiger partial charge in [-0.1, -0.05) is 31.6 Å². The molecule has 2 aromatic rings. The third-order valence-corrected chi connectivity index (χ3v) is 8.39. The van der Waals surface area contributed by atoms with Crippen LogP contribution in [0.3, 0.4) is 0 Å². The second-order valence-electron chi connectivity index (χ2n) is 11.8. The van der Waals surface area contributed by atoms with Crippen LogP contribution in [0.25, 0.3) is 5.57 Å². The minimum absolute atomic E-state index is 0.0671. The van der Waals surface area contributed by atoms with Crippen molar-refractivity contribution in [1.82, 2.24) is 29.9 Å². The average molecular weight is 578 g/mol. The Hall–Kier alpha value is -4.02. The molecular formula is C31H40FN7O3. The molecule has 0 spiro atoms. The van der Waals surface area contributed by atoms with E-state index in [1.807, 2.05) is 19.3 Å². The monoisotopic (exact) mass is 577 g/mol. The van der Waals surface area contributed by atoms with E-state index in [0.717, 1.165) is 37.8 Å². The molecule has 2 bridgehead atoms. The van der Waals surface area contributed by atoms with Crippen LogP contribution in [0.4, 0.5) is 10.1 Å². The molecule has 2 aliphatic heterocycles. The van der Waals surface area contributed by atoms with Crippen LogP contribution in [0.5, 0.6) is 0 Å². The van der Waals surface area contributed by atoms with Crippen LogP contribution in [-0.4, -0.2) is 81.2 Å². The van der Waals surface area contributed by atoms with E-state index in [1.54, 1.807) is 34.0 Å². The summed E-state index contributed by atoms with van der Waals surface area (Å²) >= 11 is 0. The van der Waals surface area contributed by atoms with Crippen molar-refractivity contribution in [1.29, 1.82) is 0 Å². The molecule has 10 nitrogen and oxygen atoms in total. The number of piperidine rings is 1. The van der Waals surface area contributed by atoms with Gasteiger partial charge in [-0.05, 0) is 51.2 Å². The molecule has 4 heterocycles. The Kier molecular flexibility index (Phi) is 8.74. The maximum atomic E-state index is 14.1. The fourth-order valence-electron chi connectivity index (χ4n) is 5.65. The number of fused-ring (bicyclic) bond motifs is 3. The van der Waals surface area contributed by atoms with E-state index in [0.29, 0.717) is 43.9 Å². The minimum Gasteiger partial charge on any atom is -0.380 e. The molecule has 0 radical (unpaired) electrons. The molecule has 2 aromatic heterocycles. The van der Waals surface area contributed by atoms with Gasteiger partial charge in [0.2, 0.25) is 5.91 Å². The van der Waals surface area contributed by atoms with Crippen molar-refractivity contribution >= 4 is 29.0 Å². The summed E-state index contributed by atoms with van der Waals surface area (Å²) in [6.07, 6.45) is 10.8. The fraction of sp³-hybridized carbons (Fsp3) is 0.516. The maximum Gasteiger partial charge on any atom is 0.274 e. The van der Waals surface area contributed by atoms with Gasteiger partial charge in [0.25, 0.3) is 11.8 Å². The highest BCUT2D eigenvalue weighted by atomic mass is 19.1. The van der Waals surface area contributed by atoms with Crippen molar-refractivity contribution in [2.75, 3.05) is 38.5 Å². The van der Waals surface area contributed by atoms with Crippen LogP contribution < -0.4 is 10.6 Å². The first-order valence-corrected chi connectivity index (χ1v) is 14.8. The van der Waals surface area contributed by atoms with Crippen molar-refractivity contribution < 1.29 is 18.8 Å². The lowest BCUT2D eigenvalue weighted by molar-refractivity contribution is -0.134. The van der Waals surface area contributed by atoms with E-state index in [4.69, 9.17) is 0 Å². The number of rotatable bonds is 3. The molecule has 1 unspecified atom stereocenters. The molecule has 3 amide bonds. The molecular weight excluding hydrogens is 537 g/mol. The first kappa shape index (κ1) is 29.5. The van der Waals surface area contributed by atoms with E-state index in [9.17, 15) is 18.8 Å². The van der Waals surface area contributed by atoms with Crippen LogP contribution in [0, 0.1) is 5.92 Å². The van der Waals surface area contributed by atoms with E-state index < -0.39 is 17.5 Å². The van der Waals surface area contributed by atoms with Gasteiger partial charge in [0.15, 0.2) is 5.69 Å². The summed E-state index contributed by atoms with van der Waals surface area (Å²) in [5.41, 5.74) is 0.683. The molecule has 1 aliphatic carbocycles. The Labute approximate surface area is 246 Å². The van der Waals surface area contributed by atoms with E-state index >= 15 is 0 Å². The Bertz CT molecular complexity index is 1380. The number of anilines is 1. The number of nitrogens with zero attached hydrogens (tertiary/aromatic N) is 5. The highest BCUT2D eigenvalue weighted by molar-refractivity contribution is 6.07. The number of hydrogen-bond acceptors (Lipinski definition) is 6. The van der Waals surface area contributed by atoms with E-state index in [1.165, 1.54) is 6.92 Å². The van der Waals surface area contributed by atoms with Crippen molar-refractivity contribution in [3.05, 3.63) is 60.3 Å². The SMILES string of the molecule is C=C/C1=C\N(C)CCCCCCNC(=O)c2nn(C3CCN(C(=O)C4C[C@@]4(C)F)CC3)cc2NC(=O)c2cccc1n2. The van der Waals surface area contributed by atoms with Crippen molar-refractivity contribution in [2.45, 2.75) is 63.6 Å². The third-order valence-electron chi connectivity index (χ3n) is 8.39. The number of hydrogen-bond donors (Lipinski definition) is 2. The molecule has 2 fully saturated rings. The molecule has 1 saturated carbocycles. The van der Waals surface area contributed by atoms with Crippen LogP contribution >= 0.6 is 0 Å². The molecule has 0 aromatic carbocycles. The minimum atomic E-state index is -1.39. The Morgan fingerprint density at radius 1 is 1.10 bits per heavy atom. The number of carbonyl (C=O) groups is 3. The van der Waals surface area contributed by atoms with Gasteiger partial charge in [-0.3, -0.25) is 19.1 Å². The highest BCUT2D eigenvalue weighted by Gasteiger charge is 2.57. The topological polar surface area (TPSA) is 112 Å². The molecule has 3 aliphatic rings. The number of alkyl halides is 1. The first-order chi connectivity index (χ1) is 20.2. The van der Waals surface area contributed by atoms with Gasteiger partial charge in [0, 0.05) is 51.2 Å². The third kappa shape index (κ3) is 6.71. The Morgan fingerprint density at radius 3 is 2.52 bits per heavy atom. The summed E-state index contributed by atoms with van der Waals surface area (Å²) in [7, 11) is 2.01. The summed E-state index contributed by atoms with van der Waals surface area (Å²) in [4.78, 5) is 47.6. The zero-order valence-corrected chi connectivity index (χ0v) is 24.4. The number of halogens is 1. The number of aromatic nitrogens is 3. The number of carbonyl (C=O) groups excluding carboxylic acids is 3. The summed E-state index contributed by atoms with van der Waals surface area (Å²) in [6.45, 7) is 7.76. The second-order valence-corrected chi connectivity index (χ2v) is 11.8. The van der Waals surface area contributed by atoms with Gasteiger partial charge in [-0.25, -0.2) is 9.37 Å². The molecule has 2 N–H and O–H groups in total. The lowest BCUT2D eigenvalue weighted by Crippen LogP contribution is -2.40. The number of likely N-dealkylation sites (tertiary alicyclic amines) is 1. The second kappa shape index (κ2) is 12.5. The summed E-state index contributed by atoms with van der Waals surface area (Å²) in [5, 5.41) is 10.4. The smallest absolute Gasteiger partial charge is 0.274 e. The van der Waals surface area contributed by atoms with Crippen LogP contribution in [-0.2, 0) is 4.79 Å². The Morgan fingerprint density at radius 2 is 1.81 bits per heavy atom. The predicted molar refractivity (Wildman–Crippen MR) is 158 cm³/mol. The van der Waals surface area contributed by atoms with E-state index in [2.05, 4.69) is 32.2 Å². The predicted octanol–water partition coefficient (Wildman–Crippen LogP) is 4.20. The summed E-state index contributed by atoms with van der Waals surface area (Å²) in [6, 6.07) is 5.16. The van der Waals surface area contributed by atoms with Gasteiger partial charge in [0.1, 0.15) is 11.4 Å². The van der Waals surface area contributed by atoms with Gasteiger partial charge >= 0.3 is 0 Å². The normalized spacial score (nSPS) is 25.7. The quantitative estimate of drug-likeness (QED) is 0.566. The molecule has 1 saturated heterocycles. The largest absolute Gasteiger partial charge is 0.380 e. The molecule has 11 heteroatoms. The number of nitrogens with one attached hydrogen (secondary N) is 2. The summed E-state index contributed by atoms with van der Waals surface area (Å²) < 4.78 is 15.8. The standard InChI is InChI=1S/C31H40FN7O3/c1-4-21-19-37(3)15-8-6-5-7-14-33-29(41)27-26(35-28(40)25-11-9-10-24(21)34-25)20-39(36-27)22-12-16-38(17-13-22)30(42)23-18-31(23,2)32/h4,9-11,19-20,22-23H,1,5-8,12-18H2,2-3H3,(H,33,41)(H,35,40)/b21-19+/t23?,31-/m1/s1.